The minimum absolute atomic E-state index is 0. The van der Waals surface area contributed by atoms with Gasteiger partial charge in [-0.1, -0.05) is 18.2 Å². The molecule has 1 atom stereocenters. The molecule has 0 aromatic heterocycles. The molecule has 5 heteroatoms. The van der Waals surface area contributed by atoms with Crippen LogP contribution in [-0.4, -0.2) is 23.5 Å². The highest BCUT2D eigenvalue weighted by Crippen LogP contribution is 2.25. The molecule has 0 saturated carbocycles. The fourth-order valence-corrected chi connectivity index (χ4v) is 2.88. The number of thioether (sulfide) groups is 1. The highest BCUT2D eigenvalue weighted by molar-refractivity contribution is 14.0. The minimum atomic E-state index is 0. The Morgan fingerprint density at radius 1 is 1.41 bits per heavy atom. The lowest BCUT2D eigenvalue weighted by Crippen LogP contribution is -2.23. The summed E-state index contributed by atoms with van der Waals surface area (Å²) in [6.45, 7) is 0.830. The van der Waals surface area contributed by atoms with E-state index in [1.165, 1.54) is 18.6 Å². The molecule has 0 aliphatic carbocycles. The highest BCUT2D eigenvalue weighted by atomic mass is 127. The molecule has 0 amide bonds. The van der Waals surface area contributed by atoms with Crippen molar-refractivity contribution in [2.45, 2.75) is 18.1 Å². The van der Waals surface area contributed by atoms with Gasteiger partial charge in [-0.05, 0) is 30.7 Å². The summed E-state index contributed by atoms with van der Waals surface area (Å²) in [5.74, 6) is 1.78. The van der Waals surface area contributed by atoms with Crippen molar-refractivity contribution < 1.29 is 0 Å². The van der Waals surface area contributed by atoms with E-state index in [0.717, 1.165) is 12.2 Å². The van der Waals surface area contributed by atoms with E-state index in [2.05, 4.69) is 10.3 Å². The largest absolute Gasteiger partial charge is 0.370 e. The van der Waals surface area contributed by atoms with Crippen molar-refractivity contribution in [3.05, 3.63) is 30.3 Å². The fraction of sp³-hybridized carbons (Fsp3) is 0.417. The van der Waals surface area contributed by atoms with Crippen molar-refractivity contribution in [2.75, 3.05) is 17.6 Å². The van der Waals surface area contributed by atoms with E-state index >= 15 is 0 Å². The lowest BCUT2D eigenvalue weighted by Gasteiger charge is -2.07. The van der Waals surface area contributed by atoms with Gasteiger partial charge in [0, 0.05) is 10.9 Å². The molecule has 0 radical (unpaired) electrons. The van der Waals surface area contributed by atoms with Gasteiger partial charge in [-0.3, -0.25) is 4.99 Å². The van der Waals surface area contributed by atoms with Crippen molar-refractivity contribution in [2.24, 2.45) is 10.7 Å². The third-order valence-electron chi connectivity index (χ3n) is 2.54. The maximum Gasteiger partial charge on any atom is 0.193 e. The molecule has 17 heavy (non-hydrogen) atoms. The van der Waals surface area contributed by atoms with Crippen LogP contribution in [0.4, 0.5) is 5.69 Å². The van der Waals surface area contributed by atoms with Crippen LogP contribution in [0.15, 0.2) is 35.3 Å². The van der Waals surface area contributed by atoms with Crippen molar-refractivity contribution in [3.8, 4) is 0 Å². The first kappa shape index (κ1) is 14.6. The van der Waals surface area contributed by atoms with E-state index in [1.807, 2.05) is 42.1 Å². The number of rotatable bonds is 3. The van der Waals surface area contributed by atoms with E-state index in [1.54, 1.807) is 0 Å². The first-order chi connectivity index (χ1) is 7.84. The van der Waals surface area contributed by atoms with E-state index in [0.29, 0.717) is 11.2 Å². The number of nitrogens with two attached hydrogens (primary N) is 1. The molecule has 3 nitrogen and oxygen atoms in total. The second kappa shape index (κ2) is 7.81. The van der Waals surface area contributed by atoms with E-state index < -0.39 is 0 Å². The van der Waals surface area contributed by atoms with E-state index in [-0.39, 0.29) is 24.0 Å². The van der Waals surface area contributed by atoms with Crippen LogP contribution in [0.5, 0.6) is 0 Å². The number of nitrogens with one attached hydrogen (secondary N) is 1. The summed E-state index contributed by atoms with van der Waals surface area (Å²) in [5.41, 5.74) is 6.80. The molecule has 3 N–H and O–H groups in total. The first-order valence-electron chi connectivity index (χ1n) is 5.58. The molecule has 1 fully saturated rings. The Balaban J connectivity index is 0.00000144. The van der Waals surface area contributed by atoms with Crippen molar-refractivity contribution >= 4 is 47.4 Å². The van der Waals surface area contributed by atoms with Gasteiger partial charge in [0.05, 0.1) is 6.54 Å². The molecule has 0 spiro atoms. The summed E-state index contributed by atoms with van der Waals surface area (Å²) in [6, 6.07) is 9.89. The predicted octanol–water partition coefficient (Wildman–Crippen LogP) is 2.93. The topological polar surface area (TPSA) is 50.4 Å². The zero-order chi connectivity index (χ0) is 11.2. The van der Waals surface area contributed by atoms with Crippen molar-refractivity contribution in [1.82, 2.24) is 0 Å². The quantitative estimate of drug-likeness (QED) is 0.493. The molecule has 1 unspecified atom stereocenters. The Kier molecular flexibility index (Phi) is 6.72. The summed E-state index contributed by atoms with van der Waals surface area (Å²) in [6.07, 6.45) is 2.59. The van der Waals surface area contributed by atoms with Gasteiger partial charge in [-0.15, -0.1) is 24.0 Å². The smallest absolute Gasteiger partial charge is 0.193 e. The normalized spacial score (nSPS) is 19.8. The number of guanidine groups is 1. The van der Waals surface area contributed by atoms with Gasteiger partial charge >= 0.3 is 0 Å². The monoisotopic (exact) mass is 363 g/mol. The molecule has 1 aromatic rings. The second-order valence-electron chi connectivity index (χ2n) is 3.85. The number of nitrogens with zero attached hydrogens (tertiary/aromatic N) is 1. The van der Waals surface area contributed by atoms with Crippen LogP contribution in [0.1, 0.15) is 12.8 Å². The molecule has 0 bridgehead atoms. The van der Waals surface area contributed by atoms with Gasteiger partial charge in [0.1, 0.15) is 0 Å². The van der Waals surface area contributed by atoms with E-state index in [9.17, 15) is 0 Å². The maximum absolute atomic E-state index is 5.81. The number of hydrogen-bond donors (Lipinski definition) is 2. The second-order valence-corrected chi connectivity index (χ2v) is 5.26. The number of anilines is 1. The van der Waals surface area contributed by atoms with Gasteiger partial charge in [0.15, 0.2) is 5.96 Å². The van der Waals surface area contributed by atoms with Crippen LogP contribution < -0.4 is 11.1 Å². The molecule has 1 heterocycles. The van der Waals surface area contributed by atoms with Crippen LogP contribution >= 0.6 is 35.7 Å². The number of para-hydroxylation sites is 1. The van der Waals surface area contributed by atoms with Crippen molar-refractivity contribution in [3.63, 3.8) is 0 Å². The Bertz CT molecular complexity index is 350. The lowest BCUT2D eigenvalue weighted by atomic mass is 10.2. The van der Waals surface area contributed by atoms with Gasteiger partial charge in [-0.2, -0.15) is 11.8 Å². The third-order valence-corrected chi connectivity index (χ3v) is 3.92. The Morgan fingerprint density at radius 3 is 2.82 bits per heavy atom. The van der Waals surface area contributed by atoms with Crippen LogP contribution in [0.3, 0.4) is 0 Å². The summed E-state index contributed by atoms with van der Waals surface area (Å²) < 4.78 is 0. The summed E-state index contributed by atoms with van der Waals surface area (Å²) in [4.78, 5) is 4.36. The number of benzene rings is 1. The third kappa shape index (κ3) is 5.16. The minimum Gasteiger partial charge on any atom is -0.370 e. The standard InChI is InChI=1S/C12H17N3S.HI/c13-12(14-9-11-7-4-8-16-11)15-10-5-2-1-3-6-10;/h1-3,5-6,11H,4,7-9H2,(H3,13,14,15);1H. The molecule has 1 aliphatic heterocycles. The summed E-state index contributed by atoms with van der Waals surface area (Å²) in [5, 5.41) is 3.75. The number of aliphatic imine (C=N–C) groups is 1. The average Bonchev–Trinajstić information content (AvgIpc) is 2.81. The molecule has 1 aliphatic rings. The lowest BCUT2D eigenvalue weighted by molar-refractivity contribution is 0.786. The average molecular weight is 363 g/mol. The molecular formula is C12H18IN3S. The summed E-state index contributed by atoms with van der Waals surface area (Å²) in [7, 11) is 0. The van der Waals surface area contributed by atoms with Crippen LogP contribution in [-0.2, 0) is 0 Å². The zero-order valence-corrected chi connectivity index (χ0v) is 12.8. The van der Waals surface area contributed by atoms with Crippen LogP contribution in [0.25, 0.3) is 0 Å². The fourth-order valence-electron chi connectivity index (χ4n) is 1.70. The maximum atomic E-state index is 5.81. The summed E-state index contributed by atoms with van der Waals surface area (Å²) >= 11 is 2.00. The van der Waals surface area contributed by atoms with Crippen molar-refractivity contribution in [1.29, 1.82) is 0 Å². The van der Waals surface area contributed by atoms with E-state index in [4.69, 9.17) is 5.73 Å². The Hall–Kier alpha value is -0.430. The molecular weight excluding hydrogens is 345 g/mol. The van der Waals surface area contributed by atoms with Crippen LogP contribution in [0, 0.1) is 0 Å². The SMILES string of the molecule is I.NC(=NCC1CCCS1)Nc1ccccc1. The molecule has 94 valence electrons. The molecule has 1 saturated heterocycles. The number of halogens is 1. The predicted molar refractivity (Wildman–Crippen MR) is 87.4 cm³/mol. The number of hydrogen-bond acceptors (Lipinski definition) is 2. The Morgan fingerprint density at radius 2 is 2.18 bits per heavy atom. The highest BCUT2D eigenvalue weighted by Gasteiger charge is 2.14. The van der Waals surface area contributed by atoms with Gasteiger partial charge in [0.25, 0.3) is 0 Å². The molecule has 2 rings (SSSR count). The first-order valence-corrected chi connectivity index (χ1v) is 6.63. The zero-order valence-electron chi connectivity index (χ0n) is 9.63. The Labute approximate surface area is 124 Å². The van der Waals surface area contributed by atoms with Gasteiger partial charge in [0.2, 0.25) is 0 Å². The molecule has 1 aromatic carbocycles. The van der Waals surface area contributed by atoms with Gasteiger partial charge < -0.3 is 11.1 Å². The van der Waals surface area contributed by atoms with Crippen LogP contribution in [0.2, 0.25) is 0 Å². The van der Waals surface area contributed by atoms with Gasteiger partial charge in [-0.25, -0.2) is 0 Å².